The molecular weight excluding hydrogens is 242 g/mol. The van der Waals surface area contributed by atoms with Crippen LogP contribution in [-0.4, -0.2) is 46.7 Å². The van der Waals surface area contributed by atoms with E-state index in [-0.39, 0.29) is 0 Å². The summed E-state index contributed by atoms with van der Waals surface area (Å²) in [6, 6.07) is 7.99. The lowest BCUT2D eigenvalue weighted by Crippen LogP contribution is -2.37. The number of aryl methyl sites for hydroxylation is 1. The molecule has 1 saturated heterocycles. The van der Waals surface area contributed by atoms with Crippen LogP contribution in [0.4, 0.5) is 5.95 Å². The Morgan fingerprint density at radius 1 is 1.05 bits per heavy atom. The molecule has 1 aromatic carbocycles. The Balaban J connectivity index is 1.82. The van der Waals surface area contributed by atoms with Gasteiger partial charge in [0.2, 0.25) is 5.82 Å². The number of nitrogens with zero attached hydrogens (tertiary/aromatic N) is 5. The van der Waals surface area contributed by atoms with Crippen LogP contribution < -0.4 is 4.90 Å². The fourth-order valence-corrected chi connectivity index (χ4v) is 2.01. The van der Waals surface area contributed by atoms with Gasteiger partial charge in [-0.25, -0.2) is 0 Å². The van der Waals surface area contributed by atoms with E-state index in [1.54, 1.807) is 0 Å². The third-order valence-electron chi connectivity index (χ3n) is 3.04. The number of benzene rings is 1. The summed E-state index contributed by atoms with van der Waals surface area (Å²) in [5, 5.41) is 16.6. The van der Waals surface area contributed by atoms with Gasteiger partial charge in [-0.3, -0.25) is 0 Å². The average Bonchev–Trinajstić information content (AvgIpc) is 2.48. The van der Waals surface area contributed by atoms with Crippen molar-refractivity contribution in [3.8, 4) is 11.4 Å². The van der Waals surface area contributed by atoms with Crippen LogP contribution in [0, 0.1) is 6.92 Å². The number of hydrogen-bond donors (Lipinski definition) is 0. The summed E-state index contributed by atoms with van der Waals surface area (Å²) in [6.45, 7) is 5.00. The largest absolute Gasteiger partial charge is 0.378 e. The standard InChI is InChI=1S/C13H15N5O/c1-10-3-2-4-11(9-10)12-14-16-13(17-15-12)18-5-7-19-8-6-18/h2-4,9H,5-8H2,1H3. The van der Waals surface area contributed by atoms with Crippen molar-refractivity contribution in [3.63, 3.8) is 0 Å². The molecule has 2 aromatic rings. The number of hydrogen-bond acceptors (Lipinski definition) is 6. The number of anilines is 1. The molecule has 0 atom stereocenters. The van der Waals surface area contributed by atoms with E-state index in [9.17, 15) is 0 Å². The number of morpholine rings is 1. The van der Waals surface area contributed by atoms with Crippen LogP contribution >= 0.6 is 0 Å². The average molecular weight is 257 g/mol. The Hall–Kier alpha value is -2.08. The lowest BCUT2D eigenvalue weighted by molar-refractivity contribution is 0.122. The molecule has 98 valence electrons. The van der Waals surface area contributed by atoms with E-state index < -0.39 is 0 Å². The van der Waals surface area contributed by atoms with Gasteiger partial charge in [-0.1, -0.05) is 23.8 Å². The summed E-state index contributed by atoms with van der Waals surface area (Å²) >= 11 is 0. The van der Waals surface area contributed by atoms with Gasteiger partial charge in [0.25, 0.3) is 5.95 Å². The first kappa shape index (κ1) is 12.0. The van der Waals surface area contributed by atoms with Crippen LogP contribution in [0.15, 0.2) is 24.3 Å². The van der Waals surface area contributed by atoms with Gasteiger partial charge < -0.3 is 9.64 Å². The van der Waals surface area contributed by atoms with Crippen molar-refractivity contribution in [3.05, 3.63) is 29.8 Å². The van der Waals surface area contributed by atoms with Gasteiger partial charge >= 0.3 is 0 Å². The van der Waals surface area contributed by atoms with Crippen LogP contribution in [0.1, 0.15) is 5.56 Å². The van der Waals surface area contributed by atoms with Crippen molar-refractivity contribution in [2.45, 2.75) is 6.92 Å². The van der Waals surface area contributed by atoms with E-state index in [1.807, 2.05) is 36.1 Å². The van der Waals surface area contributed by atoms with Crippen molar-refractivity contribution in [1.82, 2.24) is 20.4 Å². The second-order valence-corrected chi connectivity index (χ2v) is 4.49. The van der Waals surface area contributed by atoms with Gasteiger partial charge in [-0.2, -0.15) is 0 Å². The summed E-state index contributed by atoms with van der Waals surface area (Å²) in [7, 11) is 0. The smallest absolute Gasteiger partial charge is 0.264 e. The second kappa shape index (κ2) is 5.27. The van der Waals surface area contributed by atoms with Crippen LogP contribution in [0.2, 0.25) is 0 Å². The van der Waals surface area contributed by atoms with Crippen LogP contribution in [-0.2, 0) is 4.74 Å². The molecule has 0 amide bonds. The molecule has 6 nitrogen and oxygen atoms in total. The predicted molar refractivity (Wildman–Crippen MR) is 70.8 cm³/mol. The highest BCUT2D eigenvalue weighted by Crippen LogP contribution is 2.15. The third kappa shape index (κ3) is 2.68. The third-order valence-corrected chi connectivity index (χ3v) is 3.04. The zero-order valence-corrected chi connectivity index (χ0v) is 10.8. The fraction of sp³-hybridized carbons (Fsp3) is 0.385. The molecule has 2 heterocycles. The fourth-order valence-electron chi connectivity index (χ4n) is 2.01. The van der Waals surface area contributed by atoms with Crippen LogP contribution in [0.25, 0.3) is 11.4 Å². The Kier molecular flexibility index (Phi) is 3.33. The first-order valence-corrected chi connectivity index (χ1v) is 6.30. The van der Waals surface area contributed by atoms with Gasteiger partial charge in [0.1, 0.15) is 0 Å². The summed E-state index contributed by atoms with van der Waals surface area (Å²) in [6.07, 6.45) is 0. The van der Waals surface area contributed by atoms with Gasteiger partial charge in [-0.15, -0.1) is 20.4 Å². The Morgan fingerprint density at radius 3 is 2.47 bits per heavy atom. The van der Waals surface area contributed by atoms with E-state index >= 15 is 0 Å². The van der Waals surface area contributed by atoms with E-state index in [0.717, 1.165) is 18.7 Å². The minimum atomic E-state index is 0.556. The number of aromatic nitrogens is 4. The molecule has 0 spiro atoms. The molecule has 0 N–H and O–H groups in total. The van der Waals surface area contributed by atoms with Crippen molar-refractivity contribution in [2.75, 3.05) is 31.2 Å². The van der Waals surface area contributed by atoms with Gasteiger partial charge in [0.05, 0.1) is 13.2 Å². The SMILES string of the molecule is Cc1cccc(-c2nnc(N3CCOCC3)nn2)c1. The molecule has 1 fully saturated rings. The number of rotatable bonds is 2. The molecule has 0 unspecified atom stereocenters. The highest BCUT2D eigenvalue weighted by atomic mass is 16.5. The number of ether oxygens (including phenoxy) is 1. The lowest BCUT2D eigenvalue weighted by atomic mass is 10.1. The van der Waals surface area contributed by atoms with Gasteiger partial charge in [-0.05, 0) is 13.0 Å². The maximum atomic E-state index is 5.29. The predicted octanol–water partition coefficient (Wildman–Crippen LogP) is 1.08. The minimum Gasteiger partial charge on any atom is -0.378 e. The highest BCUT2D eigenvalue weighted by Gasteiger charge is 2.15. The Bertz CT molecular complexity index is 551. The molecule has 3 rings (SSSR count). The molecule has 0 bridgehead atoms. The molecule has 0 aliphatic carbocycles. The quantitative estimate of drug-likeness (QED) is 0.802. The monoisotopic (exact) mass is 257 g/mol. The summed E-state index contributed by atoms with van der Waals surface area (Å²) in [5.74, 6) is 1.13. The Labute approximate surface area is 111 Å². The minimum absolute atomic E-state index is 0.556. The van der Waals surface area contributed by atoms with E-state index in [0.29, 0.717) is 25.0 Å². The van der Waals surface area contributed by atoms with E-state index in [4.69, 9.17) is 4.74 Å². The summed E-state index contributed by atoms with van der Waals surface area (Å²) < 4.78 is 5.29. The summed E-state index contributed by atoms with van der Waals surface area (Å²) in [5.41, 5.74) is 2.10. The first-order valence-electron chi connectivity index (χ1n) is 6.30. The van der Waals surface area contributed by atoms with E-state index in [1.165, 1.54) is 5.56 Å². The van der Waals surface area contributed by atoms with Crippen LogP contribution in [0.5, 0.6) is 0 Å². The Morgan fingerprint density at radius 2 is 1.79 bits per heavy atom. The molecule has 1 aliphatic rings. The molecular formula is C13H15N5O. The molecule has 0 radical (unpaired) electrons. The maximum Gasteiger partial charge on any atom is 0.264 e. The zero-order valence-electron chi connectivity index (χ0n) is 10.8. The van der Waals surface area contributed by atoms with Gasteiger partial charge in [0, 0.05) is 18.7 Å². The van der Waals surface area contributed by atoms with Crippen molar-refractivity contribution in [2.24, 2.45) is 0 Å². The van der Waals surface area contributed by atoms with Gasteiger partial charge in [0.15, 0.2) is 0 Å². The molecule has 6 heteroatoms. The molecule has 1 aromatic heterocycles. The molecule has 0 saturated carbocycles. The van der Waals surface area contributed by atoms with Crippen molar-refractivity contribution in [1.29, 1.82) is 0 Å². The van der Waals surface area contributed by atoms with E-state index in [2.05, 4.69) is 20.4 Å². The topological polar surface area (TPSA) is 64.0 Å². The van der Waals surface area contributed by atoms with Crippen LogP contribution in [0.3, 0.4) is 0 Å². The zero-order chi connectivity index (χ0) is 13.1. The van der Waals surface area contributed by atoms with Crippen molar-refractivity contribution < 1.29 is 4.74 Å². The highest BCUT2D eigenvalue weighted by molar-refractivity contribution is 5.55. The first-order chi connectivity index (χ1) is 9.33. The summed E-state index contributed by atoms with van der Waals surface area (Å²) in [4.78, 5) is 2.03. The second-order valence-electron chi connectivity index (χ2n) is 4.49. The molecule has 19 heavy (non-hydrogen) atoms. The maximum absolute atomic E-state index is 5.29. The van der Waals surface area contributed by atoms with Crippen molar-refractivity contribution >= 4 is 5.95 Å². The molecule has 1 aliphatic heterocycles. The normalized spacial score (nSPS) is 15.5. The lowest BCUT2D eigenvalue weighted by Gasteiger charge is -2.25.